The molecule has 5 heteroatoms. The minimum Gasteiger partial charge on any atom is -0.492 e. The second-order valence-corrected chi connectivity index (χ2v) is 6.03. The molecule has 1 aromatic rings. The Kier molecular flexibility index (Phi) is 5.05. The van der Waals surface area contributed by atoms with Crippen LogP contribution in [0.15, 0.2) is 18.2 Å². The molecule has 22 heavy (non-hydrogen) atoms. The average molecular weight is 305 g/mol. The van der Waals surface area contributed by atoms with Gasteiger partial charge in [-0.1, -0.05) is 0 Å². The van der Waals surface area contributed by atoms with Crippen LogP contribution >= 0.6 is 0 Å². The molecule has 0 aromatic heterocycles. The third kappa shape index (κ3) is 3.47. The van der Waals surface area contributed by atoms with Crippen LogP contribution in [-0.4, -0.2) is 56.9 Å². The van der Waals surface area contributed by atoms with Gasteiger partial charge in [0, 0.05) is 57.2 Å². The minimum atomic E-state index is 0.665. The molecule has 2 aliphatic heterocycles. The first-order valence-corrected chi connectivity index (χ1v) is 8.37. The molecule has 0 bridgehead atoms. The van der Waals surface area contributed by atoms with Crippen LogP contribution in [-0.2, 0) is 4.74 Å². The van der Waals surface area contributed by atoms with Crippen LogP contribution in [0, 0.1) is 0 Å². The Hall–Kier alpha value is -1.46. The topological polar surface area (TPSA) is 51.0 Å². The molecular weight excluding hydrogens is 278 g/mol. The first-order chi connectivity index (χ1) is 10.8. The molecule has 1 aromatic carbocycles. The number of ether oxygens (including phenoxy) is 2. The maximum absolute atomic E-state index is 5.89. The SMILES string of the molecule is CCOc1cc(N)ccc1N1CCN(C2CCOCC2)CC1. The van der Waals surface area contributed by atoms with Crippen LogP contribution in [0.25, 0.3) is 0 Å². The number of piperazine rings is 1. The van der Waals surface area contributed by atoms with Crippen molar-refractivity contribution in [2.45, 2.75) is 25.8 Å². The van der Waals surface area contributed by atoms with Gasteiger partial charge in [0.15, 0.2) is 0 Å². The fourth-order valence-corrected chi connectivity index (χ4v) is 3.44. The van der Waals surface area contributed by atoms with E-state index in [1.165, 1.54) is 18.5 Å². The van der Waals surface area contributed by atoms with Crippen molar-refractivity contribution in [3.8, 4) is 5.75 Å². The standard InChI is InChI=1S/C17H27N3O2/c1-2-22-17-13-14(18)3-4-16(17)20-9-7-19(8-10-20)15-5-11-21-12-6-15/h3-4,13,15H,2,5-12,18H2,1H3. The zero-order valence-corrected chi connectivity index (χ0v) is 13.5. The highest BCUT2D eigenvalue weighted by molar-refractivity contribution is 5.64. The molecule has 5 nitrogen and oxygen atoms in total. The summed E-state index contributed by atoms with van der Waals surface area (Å²) in [6.45, 7) is 8.81. The quantitative estimate of drug-likeness (QED) is 0.862. The van der Waals surface area contributed by atoms with E-state index < -0.39 is 0 Å². The summed E-state index contributed by atoms with van der Waals surface area (Å²) in [5.41, 5.74) is 7.81. The van der Waals surface area contributed by atoms with Gasteiger partial charge in [-0.05, 0) is 31.9 Å². The molecule has 0 aliphatic carbocycles. The lowest BCUT2D eigenvalue weighted by Gasteiger charge is -2.41. The van der Waals surface area contributed by atoms with Gasteiger partial charge < -0.3 is 20.1 Å². The van der Waals surface area contributed by atoms with Gasteiger partial charge in [-0.3, -0.25) is 4.90 Å². The normalized spacial score (nSPS) is 21.0. The van der Waals surface area contributed by atoms with E-state index in [9.17, 15) is 0 Å². The highest BCUT2D eigenvalue weighted by Gasteiger charge is 2.26. The van der Waals surface area contributed by atoms with Gasteiger partial charge in [-0.2, -0.15) is 0 Å². The van der Waals surface area contributed by atoms with Crippen molar-refractivity contribution in [2.24, 2.45) is 0 Å². The number of hydrogen-bond donors (Lipinski definition) is 1. The number of hydrogen-bond acceptors (Lipinski definition) is 5. The molecule has 3 rings (SSSR count). The molecule has 0 spiro atoms. The number of nitrogens with zero attached hydrogens (tertiary/aromatic N) is 2. The van der Waals surface area contributed by atoms with Crippen LogP contribution in [0.5, 0.6) is 5.75 Å². The molecule has 0 radical (unpaired) electrons. The van der Waals surface area contributed by atoms with E-state index >= 15 is 0 Å². The van der Waals surface area contributed by atoms with Crippen molar-refractivity contribution in [3.63, 3.8) is 0 Å². The second-order valence-electron chi connectivity index (χ2n) is 6.03. The number of benzene rings is 1. The van der Waals surface area contributed by atoms with Gasteiger partial charge in [0.1, 0.15) is 5.75 Å². The van der Waals surface area contributed by atoms with Crippen molar-refractivity contribution in [1.82, 2.24) is 4.90 Å². The largest absolute Gasteiger partial charge is 0.492 e. The van der Waals surface area contributed by atoms with Gasteiger partial charge >= 0.3 is 0 Å². The van der Waals surface area contributed by atoms with Gasteiger partial charge in [-0.25, -0.2) is 0 Å². The monoisotopic (exact) mass is 305 g/mol. The molecule has 0 saturated carbocycles. The zero-order valence-electron chi connectivity index (χ0n) is 13.5. The molecule has 2 N–H and O–H groups in total. The Bertz CT molecular complexity index is 481. The first kappa shape index (κ1) is 15.4. The maximum Gasteiger partial charge on any atom is 0.144 e. The van der Waals surface area contributed by atoms with Crippen molar-refractivity contribution < 1.29 is 9.47 Å². The predicted molar refractivity (Wildman–Crippen MR) is 89.7 cm³/mol. The van der Waals surface area contributed by atoms with Crippen LogP contribution < -0.4 is 15.4 Å². The van der Waals surface area contributed by atoms with Gasteiger partial charge in [0.2, 0.25) is 0 Å². The van der Waals surface area contributed by atoms with E-state index in [-0.39, 0.29) is 0 Å². The van der Waals surface area contributed by atoms with E-state index in [0.717, 1.165) is 50.8 Å². The number of rotatable bonds is 4. The summed E-state index contributed by atoms with van der Waals surface area (Å²) in [7, 11) is 0. The van der Waals surface area contributed by atoms with Crippen molar-refractivity contribution >= 4 is 11.4 Å². The molecule has 2 saturated heterocycles. The Morgan fingerprint density at radius 3 is 2.59 bits per heavy atom. The minimum absolute atomic E-state index is 0.665. The average Bonchev–Trinajstić information content (AvgIpc) is 2.56. The molecule has 0 atom stereocenters. The summed E-state index contributed by atoms with van der Waals surface area (Å²) in [5, 5.41) is 0. The summed E-state index contributed by atoms with van der Waals surface area (Å²) < 4.78 is 11.2. The first-order valence-electron chi connectivity index (χ1n) is 8.37. The Labute approximate surface area is 133 Å². The molecule has 2 heterocycles. The molecule has 2 fully saturated rings. The van der Waals surface area contributed by atoms with E-state index in [2.05, 4.69) is 15.9 Å². The van der Waals surface area contributed by atoms with E-state index in [1.54, 1.807) is 0 Å². The summed E-state index contributed by atoms with van der Waals surface area (Å²) >= 11 is 0. The summed E-state index contributed by atoms with van der Waals surface area (Å²) in [6, 6.07) is 6.69. The van der Waals surface area contributed by atoms with E-state index in [0.29, 0.717) is 12.6 Å². The summed E-state index contributed by atoms with van der Waals surface area (Å²) in [6.07, 6.45) is 2.35. The fourth-order valence-electron chi connectivity index (χ4n) is 3.44. The molecule has 0 unspecified atom stereocenters. The third-order valence-corrected chi connectivity index (χ3v) is 4.65. The third-order valence-electron chi connectivity index (χ3n) is 4.65. The van der Waals surface area contributed by atoms with Gasteiger partial charge in [0.25, 0.3) is 0 Å². The van der Waals surface area contributed by atoms with Crippen LogP contribution in [0.2, 0.25) is 0 Å². The molecule has 2 aliphatic rings. The lowest BCUT2D eigenvalue weighted by Crippen LogP contribution is -2.51. The Morgan fingerprint density at radius 1 is 1.18 bits per heavy atom. The highest BCUT2D eigenvalue weighted by atomic mass is 16.5. The van der Waals surface area contributed by atoms with Gasteiger partial charge in [-0.15, -0.1) is 0 Å². The fraction of sp³-hybridized carbons (Fsp3) is 0.647. The van der Waals surface area contributed by atoms with E-state index in [1.807, 2.05) is 19.1 Å². The second kappa shape index (κ2) is 7.20. The van der Waals surface area contributed by atoms with Crippen LogP contribution in [0.1, 0.15) is 19.8 Å². The molecule has 0 amide bonds. The van der Waals surface area contributed by atoms with Crippen molar-refractivity contribution in [2.75, 3.05) is 56.6 Å². The number of nitrogens with two attached hydrogens (primary N) is 1. The van der Waals surface area contributed by atoms with Crippen LogP contribution in [0.3, 0.4) is 0 Å². The smallest absolute Gasteiger partial charge is 0.144 e. The summed E-state index contributed by atoms with van der Waals surface area (Å²) in [4.78, 5) is 5.04. The Morgan fingerprint density at radius 2 is 1.91 bits per heavy atom. The maximum atomic E-state index is 5.89. The highest BCUT2D eigenvalue weighted by Crippen LogP contribution is 2.31. The van der Waals surface area contributed by atoms with Gasteiger partial charge in [0.05, 0.1) is 12.3 Å². The van der Waals surface area contributed by atoms with Crippen molar-refractivity contribution in [1.29, 1.82) is 0 Å². The number of nitrogen functional groups attached to an aromatic ring is 1. The Balaban J connectivity index is 1.63. The van der Waals surface area contributed by atoms with Crippen LogP contribution in [0.4, 0.5) is 11.4 Å². The number of anilines is 2. The predicted octanol–water partition coefficient (Wildman–Crippen LogP) is 1.97. The zero-order chi connectivity index (χ0) is 15.4. The molecular formula is C17H27N3O2. The molecule has 122 valence electrons. The lowest BCUT2D eigenvalue weighted by atomic mass is 10.1. The summed E-state index contributed by atoms with van der Waals surface area (Å²) in [5.74, 6) is 0.905. The van der Waals surface area contributed by atoms with Crippen molar-refractivity contribution in [3.05, 3.63) is 18.2 Å². The lowest BCUT2D eigenvalue weighted by molar-refractivity contribution is 0.0321. The van der Waals surface area contributed by atoms with E-state index in [4.69, 9.17) is 15.2 Å².